The SMILES string of the molecule is C/C=C(\C=C(/C)CCC(=O)Nc1ccc(F)c(Oc2ccnc3c2CCC(=O)N3)c1)CF. The van der Waals surface area contributed by atoms with Gasteiger partial charge >= 0.3 is 0 Å². The smallest absolute Gasteiger partial charge is 0.225 e. The van der Waals surface area contributed by atoms with E-state index in [2.05, 4.69) is 15.6 Å². The van der Waals surface area contributed by atoms with Crippen molar-refractivity contribution < 1.29 is 23.1 Å². The van der Waals surface area contributed by atoms with Crippen LogP contribution in [0.4, 0.5) is 20.3 Å². The number of allylic oxidation sites excluding steroid dienone is 4. The molecule has 8 heteroatoms. The second-order valence-electron chi connectivity index (χ2n) is 7.47. The number of pyridine rings is 1. The van der Waals surface area contributed by atoms with E-state index in [9.17, 15) is 18.4 Å². The van der Waals surface area contributed by atoms with Gasteiger partial charge in [-0.3, -0.25) is 9.59 Å². The van der Waals surface area contributed by atoms with Gasteiger partial charge in [0.05, 0.1) is 0 Å². The van der Waals surface area contributed by atoms with Gasteiger partial charge < -0.3 is 15.4 Å². The fourth-order valence-electron chi connectivity index (χ4n) is 3.25. The minimum absolute atomic E-state index is 0.0511. The van der Waals surface area contributed by atoms with Crippen molar-refractivity contribution in [2.24, 2.45) is 0 Å². The van der Waals surface area contributed by atoms with Crippen molar-refractivity contribution in [3.63, 3.8) is 0 Å². The lowest BCUT2D eigenvalue weighted by atomic mass is 10.1. The molecule has 1 aliphatic heterocycles. The molecule has 0 fully saturated rings. The van der Waals surface area contributed by atoms with Gasteiger partial charge in [-0.05, 0) is 50.5 Å². The number of hydrogen-bond donors (Lipinski definition) is 2. The molecule has 0 radical (unpaired) electrons. The zero-order valence-electron chi connectivity index (χ0n) is 18.0. The number of anilines is 2. The first-order valence-corrected chi connectivity index (χ1v) is 10.3. The molecule has 2 N–H and O–H groups in total. The number of nitrogens with zero attached hydrogens (tertiary/aromatic N) is 1. The maximum Gasteiger partial charge on any atom is 0.225 e. The highest BCUT2D eigenvalue weighted by Crippen LogP contribution is 2.34. The van der Waals surface area contributed by atoms with E-state index in [1.54, 1.807) is 25.1 Å². The number of halogens is 2. The first kappa shape index (κ1) is 23.1. The van der Waals surface area contributed by atoms with Crippen molar-refractivity contribution in [2.45, 2.75) is 39.5 Å². The minimum atomic E-state index is -0.586. The van der Waals surface area contributed by atoms with E-state index in [1.165, 1.54) is 24.4 Å². The molecule has 168 valence electrons. The van der Waals surface area contributed by atoms with Gasteiger partial charge in [0.2, 0.25) is 11.8 Å². The van der Waals surface area contributed by atoms with Crippen LogP contribution in [0.25, 0.3) is 0 Å². The third-order valence-electron chi connectivity index (χ3n) is 5.01. The summed E-state index contributed by atoms with van der Waals surface area (Å²) >= 11 is 0. The van der Waals surface area contributed by atoms with Gasteiger partial charge in [-0.15, -0.1) is 0 Å². The molecular formula is C24H25F2N3O3. The second kappa shape index (κ2) is 10.7. The van der Waals surface area contributed by atoms with Crippen LogP contribution in [0, 0.1) is 5.82 Å². The van der Waals surface area contributed by atoms with Gasteiger partial charge in [-0.2, -0.15) is 0 Å². The Morgan fingerprint density at radius 1 is 1.25 bits per heavy atom. The van der Waals surface area contributed by atoms with E-state index < -0.39 is 12.5 Å². The van der Waals surface area contributed by atoms with Crippen LogP contribution in [0.2, 0.25) is 0 Å². The Balaban J connectivity index is 1.67. The zero-order valence-corrected chi connectivity index (χ0v) is 18.0. The van der Waals surface area contributed by atoms with E-state index in [0.717, 1.165) is 5.57 Å². The Morgan fingerprint density at radius 2 is 2.06 bits per heavy atom. The van der Waals surface area contributed by atoms with Gasteiger partial charge in [0.1, 0.15) is 18.2 Å². The van der Waals surface area contributed by atoms with Crippen LogP contribution in [-0.2, 0) is 16.0 Å². The molecule has 0 saturated heterocycles. The van der Waals surface area contributed by atoms with Gasteiger partial charge in [0.25, 0.3) is 0 Å². The summed E-state index contributed by atoms with van der Waals surface area (Å²) in [7, 11) is 0. The van der Waals surface area contributed by atoms with E-state index in [-0.39, 0.29) is 24.0 Å². The average Bonchev–Trinajstić information content (AvgIpc) is 2.78. The standard InChI is InChI=1S/C24H25F2N3O3/c1-3-16(14-25)12-15(2)4-8-22(30)28-17-5-7-19(26)21(13-17)32-20-10-11-27-24-18(20)6-9-23(31)29-24/h3,5,7,10-13H,4,6,8-9,14H2,1-2H3,(H,28,30)(H,27,29,31)/b15-12+,16-3+. The molecule has 0 bridgehead atoms. The van der Waals surface area contributed by atoms with Crippen LogP contribution < -0.4 is 15.4 Å². The van der Waals surface area contributed by atoms with Crippen molar-refractivity contribution in [3.8, 4) is 11.5 Å². The molecule has 3 rings (SSSR count). The molecule has 32 heavy (non-hydrogen) atoms. The number of fused-ring (bicyclic) bond motifs is 1. The summed E-state index contributed by atoms with van der Waals surface area (Å²) in [5, 5.41) is 5.40. The number of amides is 2. The quantitative estimate of drug-likeness (QED) is 0.532. The second-order valence-corrected chi connectivity index (χ2v) is 7.47. The van der Waals surface area contributed by atoms with E-state index in [1.807, 2.05) is 6.92 Å². The molecular weight excluding hydrogens is 416 g/mol. The fraction of sp³-hybridized carbons (Fsp3) is 0.292. The molecule has 1 aromatic carbocycles. The lowest BCUT2D eigenvalue weighted by Crippen LogP contribution is -2.20. The lowest BCUT2D eigenvalue weighted by molar-refractivity contribution is -0.117. The summed E-state index contributed by atoms with van der Waals surface area (Å²) in [4.78, 5) is 28.0. The predicted molar refractivity (Wildman–Crippen MR) is 119 cm³/mol. The fourth-order valence-corrected chi connectivity index (χ4v) is 3.25. The molecule has 2 aromatic rings. The van der Waals surface area contributed by atoms with Crippen LogP contribution >= 0.6 is 0 Å². The number of rotatable bonds is 8. The van der Waals surface area contributed by atoms with Crippen molar-refractivity contribution in [1.82, 2.24) is 4.98 Å². The summed E-state index contributed by atoms with van der Waals surface area (Å²) in [5.74, 6) is -0.217. The van der Waals surface area contributed by atoms with Gasteiger partial charge in [0.15, 0.2) is 11.6 Å². The van der Waals surface area contributed by atoms with Crippen LogP contribution in [0.15, 0.2) is 53.8 Å². The largest absolute Gasteiger partial charge is 0.454 e. The van der Waals surface area contributed by atoms with Crippen LogP contribution in [0.3, 0.4) is 0 Å². The average molecular weight is 441 g/mol. The molecule has 2 heterocycles. The Hall–Kier alpha value is -3.55. The van der Waals surface area contributed by atoms with Crippen molar-refractivity contribution >= 4 is 23.3 Å². The Kier molecular flexibility index (Phi) is 7.70. The third kappa shape index (κ3) is 6.00. The molecule has 6 nitrogen and oxygen atoms in total. The molecule has 1 aliphatic rings. The van der Waals surface area contributed by atoms with Gasteiger partial charge in [0, 0.05) is 36.4 Å². The number of carbonyl (C=O) groups is 2. The Labute approximate surface area is 185 Å². The van der Waals surface area contributed by atoms with Crippen LogP contribution in [0.1, 0.15) is 38.7 Å². The first-order chi connectivity index (χ1) is 15.4. The van der Waals surface area contributed by atoms with Crippen molar-refractivity contribution in [2.75, 3.05) is 17.3 Å². The van der Waals surface area contributed by atoms with E-state index in [4.69, 9.17) is 4.74 Å². The number of hydrogen-bond acceptors (Lipinski definition) is 4. The first-order valence-electron chi connectivity index (χ1n) is 10.3. The van der Waals surface area contributed by atoms with Crippen molar-refractivity contribution in [1.29, 1.82) is 0 Å². The molecule has 2 amide bonds. The number of benzene rings is 1. The molecule has 0 saturated carbocycles. The predicted octanol–water partition coefficient (Wildman–Crippen LogP) is 5.48. The summed E-state index contributed by atoms with van der Waals surface area (Å²) in [6, 6.07) is 5.68. The molecule has 0 aliphatic carbocycles. The van der Waals surface area contributed by atoms with Crippen LogP contribution in [-0.4, -0.2) is 23.5 Å². The van der Waals surface area contributed by atoms with Gasteiger partial charge in [-0.1, -0.05) is 17.7 Å². The monoisotopic (exact) mass is 441 g/mol. The van der Waals surface area contributed by atoms with Crippen LogP contribution in [0.5, 0.6) is 11.5 Å². The van der Waals surface area contributed by atoms with E-state index >= 15 is 0 Å². The van der Waals surface area contributed by atoms with Crippen molar-refractivity contribution in [3.05, 3.63) is 65.1 Å². The van der Waals surface area contributed by atoms with E-state index in [0.29, 0.717) is 47.7 Å². The number of nitrogens with one attached hydrogen (secondary N) is 2. The highest BCUT2D eigenvalue weighted by molar-refractivity contribution is 5.93. The maximum absolute atomic E-state index is 14.4. The zero-order chi connectivity index (χ0) is 23.1. The number of ether oxygens (including phenoxy) is 1. The Bertz CT molecular complexity index is 1080. The summed E-state index contributed by atoms with van der Waals surface area (Å²) in [6.45, 7) is 3.05. The summed E-state index contributed by atoms with van der Waals surface area (Å²) in [5.41, 5.74) is 2.55. The minimum Gasteiger partial charge on any atom is -0.454 e. The third-order valence-corrected chi connectivity index (χ3v) is 5.01. The molecule has 0 atom stereocenters. The highest BCUT2D eigenvalue weighted by Gasteiger charge is 2.21. The highest BCUT2D eigenvalue weighted by atomic mass is 19.1. The number of aromatic nitrogens is 1. The molecule has 1 aromatic heterocycles. The number of alkyl halides is 1. The number of carbonyl (C=O) groups excluding carboxylic acids is 2. The summed E-state index contributed by atoms with van der Waals surface area (Å²) in [6.07, 6.45) is 6.31. The summed E-state index contributed by atoms with van der Waals surface area (Å²) < 4.78 is 32.9. The normalized spacial score (nSPS) is 13.9. The maximum atomic E-state index is 14.4. The topological polar surface area (TPSA) is 80.3 Å². The molecule has 0 unspecified atom stereocenters. The lowest BCUT2D eigenvalue weighted by Gasteiger charge is -2.19. The van der Waals surface area contributed by atoms with Gasteiger partial charge in [-0.25, -0.2) is 13.8 Å². The molecule has 0 spiro atoms. The Morgan fingerprint density at radius 3 is 2.81 bits per heavy atom.